The van der Waals surface area contributed by atoms with Crippen LogP contribution in [0, 0.1) is 20.8 Å². The molecule has 0 fully saturated rings. The van der Waals surface area contributed by atoms with Gasteiger partial charge in [-0.15, -0.1) is 0 Å². The number of nitrogens with zero attached hydrogens (tertiary/aromatic N) is 2. The normalized spacial score (nSPS) is 10.6. The van der Waals surface area contributed by atoms with E-state index in [2.05, 4.69) is 38.8 Å². The smallest absolute Gasteiger partial charge is 0.159 e. The summed E-state index contributed by atoms with van der Waals surface area (Å²) in [5.41, 5.74) is 11.9. The molecule has 6 heteroatoms. The second-order valence-electron chi connectivity index (χ2n) is 6.01. The number of halogens is 1. The van der Waals surface area contributed by atoms with E-state index in [-0.39, 0.29) is 0 Å². The molecule has 0 unspecified atom stereocenters. The van der Waals surface area contributed by atoms with Gasteiger partial charge in [0.25, 0.3) is 0 Å². The summed E-state index contributed by atoms with van der Waals surface area (Å²) < 4.78 is 0. The fraction of sp³-hybridized carbons (Fsp3) is 0.158. The molecule has 0 atom stereocenters. The summed E-state index contributed by atoms with van der Waals surface area (Å²) in [6, 6.07) is 11.8. The summed E-state index contributed by atoms with van der Waals surface area (Å²) >= 11 is 6.08. The molecule has 25 heavy (non-hydrogen) atoms. The number of aromatic nitrogens is 2. The Labute approximate surface area is 152 Å². The summed E-state index contributed by atoms with van der Waals surface area (Å²) in [7, 11) is 0. The highest BCUT2D eigenvalue weighted by Crippen LogP contribution is 2.31. The molecule has 1 heterocycles. The molecule has 0 amide bonds. The summed E-state index contributed by atoms with van der Waals surface area (Å²) in [4.78, 5) is 8.53. The van der Waals surface area contributed by atoms with Crippen LogP contribution in [0.25, 0.3) is 0 Å². The van der Waals surface area contributed by atoms with Crippen LogP contribution < -0.4 is 16.4 Å². The molecule has 0 bridgehead atoms. The summed E-state index contributed by atoms with van der Waals surface area (Å²) in [6.45, 7) is 6.07. The highest BCUT2D eigenvalue weighted by Gasteiger charge is 2.11. The van der Waals surface area contributed by atoms with Crippen molar-refractivity contribution in [2.45, 2.75) is 20.8 Å². The molecule has 3 rings (SSSR count). The van der Waals surface area contributed by atoms with Gasteiger partial charge in [-0.3, -0.25) is 0 Å². The zero-order chi connectivity index (χ0) is 18.0. The van der Waals surface area contributed by atoms with Crippen LogP contribution in [-0.4, -0.2) is 9.97 Å². The lowest BCUT2D eigenvalue weighted by Gasteiger charge is -2.15. The van der Waals surface area contributed by atoms with E-state index in [1.807, 2.05) is 39.0 Å². The van der Waals surface area contributed by atoms with E-state index in [4.69, 9.17) is 17.3 Å². The van der Waals surface area contributed by atoms with Crippen molar-refractivity contribution >= 4 is 40.3 Å². The fourth-order valence-corrected chi connectivity index (χ4v) is 2.62. The highest BCUT2D eigenvalue weighted by atomic mass is 35.5. The molecule has 2 aromatic carbocycles. The minimum atomic E-state index is 0.447. The molecule has 0 aliphatic carbocycles. The Balaban J connectivity index is 1.92. The highest BCUT2D eigenvalue weighted by molar-refractivity contribution is 6.30. The number of hydrogen-bond acceptors (Lipinski definition) is 5. The van der Waals surface area contributed by atoms with Gasteiger partial charge < -0.3 is 16.4 Å². The Morgan fingerprint density at radius 2 is 1.40 bits per heavy atom. The molecule has 128 valence electrons. The SMILES string of the molecule is Cc1ccc(C)c(Nc2ncnc(Nc3cc(Cl)ccc3C)c2N)c1. The minimum Gasteiger partial charge on any atom is -0.393 e. The van der Waals surface area contributed by atoms with Crippen LogP contribution in [0.4, 0.5) is 28.7 Å². The Hall–Kier alpha value is -2.79. The molecule has 0 aliphatic heterocycles. The Morgan fingerprint density at radius 1 is 0.840 bits per heavy atom. The molecule has 5 nitrogen and oxygen atoms in total. The molecular weight excluding hydrogens is 334 g/mol. The van der Waals surface area contributed by atoms with Crippen LogP contribution in [0.2, 0.25) is 5.02 Å². The van der Waals surface area contributed by atoms with Crippen LogP contribution in [0.3, 0.4) is 0 Å². The standard InChI is InChI=1S/C19H20ClN5/c1-11-4-5-12(2)15(8-11)24-18-17(21)19(23-10-22-18)25-16-9-14(20)7-6-13(16)3/h4-10H,21H2,1-3H3,(H2,22,23,24,25). The van der Waals surface area contributed by atoms with Crippen molar-refractivity contribution in [3.63, 3.8) is 0 Å². The lowest BCUT2D eigenvalue weighted by Crippen LogP contribution is -2.06. The largest absolute Gasteiger partial charge is 0.393 e. The molecule has 0 radical (unpaired) electrons. The van der Waals surface area contributed by atoms with Crippen molar-refractivity contribution in [3.8, 4) is 0 Å². The average molecular weight is 354 g/mol. The van der Waals surface area contributed by atoms with Crippen molar-refractivity contribution < 1.29 is 0 Å². The van der Waals surface area contributed by atoms with E-state index >= 15 is 0 Å². The fourth-order valence-electron chi connectivity index (χ4n) is 2.45. The zero-order valence-electron chi connectivity index (χ0n) is 14.4. The van der Waals surface area contributed by atoms with Gasteiger partial charge in [-0.1, -0.05) is 29.8 Å². The third-order valence-electron chi connectivity index (χ3n) is 3.98. The van der Waals surface area contributed by atoms with Crippen LogP contribution in [0.5, 0.6) is 0 Å². The Morgan fingerprint density at radius 3 is 2.04 bits per heavy atom. The van der Waals surface area contributed by atoms with Crippen molar-refractivity contribution in [3.05, 3.63) is 64.4 Å². The summed E-state index contributed by atoms with van der Waals surface area (Å²) in [6.07, 6.45) is 1.48. The minimum absolute atomic E-state index is 0.447. The monoisotopic (exact) mass is 353 g/mol. The van der Waals surface area contributed by atoms with Gasteiger partial charge in [-0.25, -0.2) is 9.97 Å². The number of nitrogens with one attached hydrogen (secondary N) is 2. The first kappa shape index (κ1) is 17.0. The topological polar surface area (TPSA) is 75.9 Å². The van der Waals surface area contributed by atoms with E-state index in [9.17, 15) is 0 Å². The van der Waals surface area contributed by atoms with Crippen molar-refractivity contribution in [1.29, 1.82) is 0 Å². The molecule has 3 aromatic rings. The summed E-state index contributed by atoms with van der Waals surface area (Å²) in [5.74, 6) is 1.10. The third kappa shape index (κ3) is 3.83. The maximum atomic E-state index is 6.27. The first-order chi connectivity index (χ1) is 11.9. The number of nitrogens with two attached hydrogens (primary N) is 1. The van der Waals surface area contributed by atoms with Crippen LogP contribution in [-0.2, 0) is 0 Å². The maximum Gasteiger partial charge on any atom is 0.159 e. The molecule has 0 saturated heterocycles. The van der Waals surface area contributed by atoms with E-state index in [1.54, 1.807) is 0 Å². The maximum absolute atomic E-state index is 6.27. The predicted octanol–water partition coefficient (Wildman–Crippen LogP) is 5.12. The van der Waals surface area contributed by atoms with Gasteiger partial charge in [-0.2, -0.15) is 0 Å². The van der Waals surface area contributed by atoms with Gasteiger partial charge in [0.15, 0.2) is 11.6 Å². The van der Waals surface area contributed by atoms with Gasteiger partial charge in [0.1, 0.15) is 12.0 Å². The lowest BCUT2D eigenvalue weighted by atomic mass is 10.1. The van der Waals surface area contributed by atoms with Crippen LogP contribution in [0.15, 0.2) is 42.7 Å². The molecular formula is C19H20ClN5. The number of aryl methyl sites for hydroxylation is 3. The third-order valence-corrected chi connectivity index (χ3v) is 4.22. The van der Waals surface area contributed by atoms with E-state index < -0.39 is 0 Å². The molecule has 4 N–H and O–H groups in total. The van der Waals surface area contributed by atoms with Gasteiger partial charge in [-0.05, 0) is 55.7 Å². The van der Waals surface area contributed by atoms with Gasteiger partial charge in [0, 0.05) is 16.4 Å². The van der Waals surface area contributed by atoms with Crippen LogP contribution >= 0.6 is 11.6 Å². The Kier molecular flexibility index (Phi) is 4.76. The first-order valence-corrected chi connectivity index (χ1v) is 8.30. The second-order valence-corrected chi connectivity index (χ2v) is 6.45. The Bertz CT molecular complexity index is 852. The molecule has 0 spiro atoms. The van der Waals surface area contributed by atoms with E-state index in [0.29, 0.717) is 22.3 Å². The van der Waals surface area contributed by atoms with Crippen molar-refractivity contribution in [2.75, 3.05) is 16.4 Å². The predicted molar refractivity (Wildman–Crippen MR) is 105 cm³/mol. The second kappa shape index (κ2) is 6.99. The van der Waals surface area contributed by atoms with E-state index in [0.717, 1.165) is 28.1 Å². The van der Waals surface area contributed by atoms with Gasteiger partial charge in [0.05, 0.1) is 0 Å². The number of rotatable bonds is 4. The average Bonchev–Trinajstić information content (AvgIpc) is 2.58. The van der Waals surface area contributed by atoms with Crippen LogP contribution in [0.1, 0.15) is 16.7 Å². The molecule has 1 aromatic heterocycles. The van der Waals surface area contributed by atoms with Gasteiger partial charge >= 0.3 is 0 Å². The quantitative estimate of drug-likeness (QED) is 0.606. The number of anilines is 5. The van der Waals surface area contributed by atoms with E-state index in [1.165, 1.54) is 6.33 Å². The van der Waals surface area contributed by atoms with Gasteiger partial charge in [0.2, 0.25) is 0 Å². The molecule has 0 saturated carbocycles. The zero-order valence-corrected chi connectivity index (χ0v) is 15.1. The van der Waals surface area contributed by atoms with Crippen molar-refractivity contribution in [2.24, 2.45) is 0 Å². The number of benzene rings is 2. The lowest BCUT2D eigenvalue weighted by molar-refractivity contribution is 1.17. The van der Waals surface area contributed by atoms with Crippen molar-refractivity contribution in [1.82, 2.24) is 9.97 Å². The number of nitrogen functional groups attached to an aromatic ring is 1. The number of hydrogen-bond donors (Lipinski definition) is 3. The summed E-state index contributed by atoms with van der Waals surface area (Å²) in [5, 5.41) is 7.17. The molecule has 0 aliphatic rings. The first-order valence-electron chi connectivity index (χ1n) is 7.92.